The zero-order chi connectivity index (χ0) is 26.6. The number of carboxylic acids is 2. The van der Waals surface area contributed by atoms with Gasteiger partial charge in [-0.3, -0.25) is 0 Å². The summed E-state index contributed by atoms with van der Waals surface area (Å²) in [5, 5.41) is 20.2. The molecular weight excluding hydrogens is 511 g/mol. The van der Waals surface area contributed by atoms with Crippen molar-refractivity contribution < 1.29 is 32.8 Å². The summed E-state index contributed by atoms with van der Waals surface area (Å²) in [7, 11) is -8.01. The molecule has 0 aromatic heterocycles. The number of carboxylic acid groups (broad SMARTS) is 2. The van der Waals surface area contributed by atoms with E-state index in [0.29, 0.717) is 0 Å². The summed E-state index contributed by atoms with van der Waals surface area (Å²) in [6.45, 7) is 0. The van der Waals surface area contributed by atoms with Gasteiger partial charge in [0.15, 0.2) is 0 Å². The van der Waals surface area contributed by atoms with Crippen LogP contribution in [0.15, 0.2) is 109 Å². The van der Waals surface area contributed by atoms with Crippen LogP contribution in [0.3, 0.4) is 0 Å². The summed E-state index contributed by atoms with van der Waals surface area (Å²) < 4.78 is 36.4. The summed E-state index contributed by atoms with van der Waals surface area (Å²) in [4.78, 5) is 23.5. The van der Waals surface area contributed by atoms with E-state index in [0.717, 1.165) is 34.1 Å². The summed E-state index contributed by atoms with van der Waals surface area (Å²) >= 11 is 0. The van der Waals surface area contributed by atoms with Crippen LogP contribution >= 0.6 is 7.26 Å². The van der Waals surface area contributed by atoms with Crippen LogP contribution in [0.1, 0.15) is 31.5 Å². The van der Waals surface area contributed by atoms with Gasteiger partial charge in [0.05, 0.1) is 0 Å². The summed E-state index contributed by atoms with van der Waals surface area (Å²) in [5.41, 5.74) is -0.857. The van der Waals surface area contributed by atoms with Crippen molar-refractivity contribution >= 4 is 45.2 Å². The van der Waals surface area contributed by atoms with Crippen molar-refractivity contribution in [2.45, 2.75) is 5.25 Å². The molecule has 1 atom stereocenters. The third-order valence-corrected chi connectivity index (χ3v) is 12.9. The van der Waals surface area contributed by atoms with Crippen molar-refractivity contribution in [1.82, 2.24) is 0 Å². The monoisotopic (exact) mass is 536 g/mol. The summed E-state index contributed by atoms with van der Waals surface area (Å²) in [6.07, 6.45) is -0.0913. The van der Waals surface area contributed by atoms with Gasteiger partial charge in [-0.05, 0) is 0 Å². The second-order valence-electron chi connectivity index (χ2n) is 8.67. The normalized spacial score (nSPS) is 13.0. The Morgan fingerprint density at radius 1 is 0.649 bits per heavy atom. The fourth-order valence-corrected chi connectivity index (χ4v) is 11.6. The molecule has 4 rings (SSSR count). The van der Waals surface area contributed by atoms with E-state index in [-0.39, 0.29) is 22.9 Å². The molecule has 0 saturated heterocycles. The molecule has 7 nitrogen and oxygen atoms in total. The van der Waals surface area contributed by atoms with Crippen LogP contribution in [0, 0.1) is 0 Å². The van der Waals surface area contributed by atoms with Crippen LogP contribution in [0.5, 0.6) is 0 Å². The fraction of sp³-hybridized carbons (Fsp3) is 0.0714. The van der Waals surface area contributed by atoms with Crippen molar-refractivity contribution in [3.63, 3.8) is 0 Å². The van der Waals surface area contributed by atoms with E-state index < -0.39 is 34.6 Å². The van der Waals surface area contributed by atoms with Gasteiger partial charge in [-0.1, -0.05) is 0 Å². The zero-order valence-electron chi connectivity index (χ0n) is 19.6. The Labute approximate surface area is 215 Å². The Balaban J connectivity index is 2.05. The van der Waals surface area contributed by atoms with Crippen LogP contribution in [0.4, 0.5) is 0 Å². The molecule has 0 saturated carbocycles. The van der Waals surface area contributed by atoms with E-state index in [1.165, 1.54) is 0 Å². The quantitative estimate of drug-likeness (QED) is 0.220. The topological polar surface area (TPSA) is 129 Å². The van der Waals surface area contributed by atoms with Gasteiger partial charge in [0, 0.05) is 0 Å². The van der Waals surface area contributed by atoms with Crippen molar-refractivity contribution in [3.8, 4) is 0 Å². The maximum absolute atomic E-state index is 12.9. The molecule has 4 aromatic rings. The molecule has 0 aliphatic rings. The minimum atomic E-state index is -4.81. The molecule has 0 bridgehead atoms. The molecule has 3 N–H and O–H groups in total. The van der Waals surface area contributed by atoms with E-state index in [2.05, 4.69) is 0 Å². The zero-order valence-corrected chi connectivity index (χ0v) is 21.4. The predicted octanol–water partition coefficient (Wildman–Crippen LogP) is 3.74. The minimum absolute atomic E-state index is 0.0913. The van der Waals surface area contributed by atoms with E-state index in [1.54, 1.807) is 0 Å². The van der Waals surface area contributed by atoms with Gasteiger partial charge < -0.3 is 0 Å². The van der Waals surface area contributed by atoms with Crippen molar-refractivity contribution in [2.24, 2.45) is 0 Å². The van der Waals surface area contributed by atoms with Gasteiger partial charge in [0.25, 0.3) is 0 Å². The van der Waals surface area contributed by atoms with Gasteiger partial charge in [-0.25, -0.2) is 0 Å². The Morgan fingerprint density at radius 2 is 1.00 bits per heavy atom. The van der Waals surface area contributed by atoms with Crippen LogP contribution in [-0.2, 0) is 10.1 Å². The molecule has 0 fully saturated rings. The van der Waals surface area contributed by atoms with E-state index >= 15 is 0 Å². The summed E-state index contributed by atoms with van der Waals surface area (Å²) in [6, 6.07) is 31.4. The van der Waals surface area contributed by atoms with Crippen LogP contribution in [0.25, 0.3) is 0 Å². The Bertz CT molecular complexity index is 1390. The molecule has 0 aliphatic carbocycles. The first-order chi connectivity index (χ1) is 17.6. The molecule has 190 valence electrons. The van der Waals surface area contributed by atoms with Crippen molar-refractivity contribution in [3.05, 3.63) is 126 Å². The van der Waals surface area contributed by atoms with Crippen LogP contribution < -0.4 is 15.9 Å². The molecule has 0 heterocycles. The Morgan fingerprint density at radius 3 is 1.30 bits per heavy atom. The second kappa shape index (κ2) is 10.6. The molecular formula is C28H25O7PS. The van der Waals surface area contributed by atoms with Crippen LogP contribution in [-0.4, -0.2) is 41.3 Å². The molecule has 0 radical (unpaired) electrons. The molecule has 0 amide bonds. The maximum atomic E-state index is 12.9. The number of carbonyl (C=O) groups is 2. The predicted molar refractivity (Wildman–Crippen MR) is 146 cm³/mol. The first-order valence-electron chi connectivity index (χ1n) is 11.4. The van der Waals surface area contributed by atoms with Crippen molar-refractivity contribution in [2.75, 3.05) is 6.16 Å². The number of benzene rings is 4. The van der Waals surface area contributed by atoms with Gasteiger partial charge in [-0.15, -0.1) is 0 Å². The third kappa shape index (κ3) is 5.47. The van der Waals surface area contributed by atoms with Crippen LogP contribution in [0.2, 0.25) is 0 Å². The summed E-state index contributed by atoms with van der Waals surface area (Å²) in [5.74, 6) is -2.81. The fourth-order valence-electron chi connectivity index (χ4n) is 4.78. The van der Waals surface area contributed by atoms with Crippen molar-refractivity contribution in [1.29, 1.82) is 0 Å². The first-order valence-corrected chi connectivity index (χ1v) is 15.1. The SMILES string of the molecule is O=C(O)c1cc(C(=O)O)cc(C(C[PH](c2ccccc2)(c2ccccc2)c2ccccc2)S(=O)(=O)O)c1. The number of hydrogen-bond acceptors (Lipinski definition) is 4. The average Bonchev–Trinajstić information content (AvgIpc) is 2.90. The molecule has 0 spiro atoms. The van der Waals surface area contributed by atoms with E-state index in [4.69, 9.17) is 0 Å². The Hall–Kier alpha value is -3.84. The number of rotatable bonds is 9. The van der Waals surface area contributed by atoms with Gasteiger partial charge in [0.1, 0.15) is 0 Å². The molecule has 1 unspecified atom stereocenters. The number of hydrogen-bond donors (Lipinski definition) is 3. The second-order valence-corrected chi connectivity index (χ2v) is 14.2. The Kier molecular flexibility index (Phi) is 7.55. The average molecular weight is 537 g/mol. The standard InChI is InChI=1S/C28H25O7PS/c29-27(30)21-16-20(17-22(18-21)28(31)32)26(37(33,34)35)19-36(23-10-4-1-5-11-23,24-12-6-2-7-13-24)25-14-8-3-9-15-25/h1-18,26,36H,19H2,(H,29,30)(H,31,32)(H,33,34,35). The van der Waals surface area contributed by atoms with E-state index in [9.17, 15) is 32.8 Å². The third-order valence-electron chi connectivity index (χ3n) is 6.47. The molecule has 0 aliphatic heterocycles. The molecule has 4 aromatic carbocycles. The van der Waals surface area contributed by atoms with Gasteiger partial charge >= 0.3 is 215 Å². The molecule has 37 heavy (non-hydrogen) atoms. The first kappa shape index (κ1) is 26.2. The van der Waals surface area contributed by atoms with Gasteiger partial charge in [-0.2, -0.15) is 0 Å². The van der Waals surface area contributed by atoms with E-state index in [1.807, 2.05) is 91.0 Å². The van der Waals surface area contributed by atoms with Gasteiger partial charge in [0.2, 0.25) is 0 Å². The number of aromatic carboxylic acids is 2. The molecule has 9 heteroatoms.